The first-order valence-electron chi connectivity index (χ1n) is 8.99. The Morgan fingerprint density at radius 3 is 2.36 bits per heavy atom. The van der Waals surface area contributed by atoms with E-state index in [0.29, 0.717) is 12.1 Å². The molecule has 0 atom stereocenters. The Morgan fingerprint density at radius 1 is 0.929 bits per heavy atom. The van der Waals surface area contributed by atoms with E-state index in [9.17, 15) is 14.4 Å². The van der Waals surface area contributed by atoms with Crippen LogP contribution in [-0.4, -0.2) is 31.1 Å². The van der Waals surface area contributed by atoms with E-state index in [2.05, 4.69) is 10.6 Å². The monoisotopic (exact) mass is 384 g/mol. The molecule has 0 aromatic heterocycles. The third kappa shape index (κ3) is 8.35. The molecule has 0 saturated carbocycles. The quantitative estimate of drug-likeness (QED) is 0.512. The van der Waals surface area contributed by atoms with Crippen LogP contribution in [0.3, 0.4) is 0 Å². The lowest BCUT2D eigenvalue weighted by Gasteiger charge is -2.08. The maximum Gasteiger partial charge on any atom is 0.407 e. The topological polar surface area (TPSA) is 93.7 Å². The van der Waals surface area contributed by atoms with Crippen LogP contribution < -0.4 is 10.6 Å². The smallest absolute Gasteiger partial charge is 0.407 e. The van der Waals surface area contributed by atoms with Gasteiger partial charge in [-0.25, -0.2) is 4.79 Å². The van der Waals surface area contributed by atoms with Gasteiger partial charge in [-0.3, -0.25) is 9.59 Å². The van der Waals surface area contributed by atoms with Crippen molar-refractivity contribution in [2.45, 2.75) is 26.4 Å². The van der Waals surface area contributed by atoms with Gasteiger partial charge in [-0.05, 0) is 31.0 Å². The number of ether oxygens (including phenoxy) is 2. The molecular weight excluding hydrogens is 360 g/mol. The average molecular weight is 384 g/mol. The number of hydrogen-bond donors (Lipinski definition) is 2. The molecule has 0 heterocycles. The van der Waals surface area contributed by atoms with Gasteiger partial charge in [0.2, 0.25) is 0 Å². The van der Waals surface area contributed by atoms with Crippen molar-refractivity contribution in [1.29, 1.82) is 0 Å². The molecule has 0 aliphatic rings. The molecule has 2 amide bonds. The van der Waals surface area contributed by atoms with E-state index in [1.807, 2.05) is 49.4 Å². The number of benzene rings is 2. The van der Waals surface area contributed by atoms with Crippen molar-refractivity contribution >= 4 is 23.7 Å². The first-order valence-corrected chi connectivity index (χ1v) is 8.99. The second-order valence-corrected chi connectivity index (χ2v) is 6.17. The van der Waals surface area contributed by atoms with Crippen LogP contribution in [-0.2, 0) is 25.7 Å². The molecule has 0 aliphatic heterocycles. The predicted molar refractivity (Wildman–Crippen MR) is 105 cm³/mol. The molecule has 7 nitrogen and oxygen atoms in total. The Balaban J connectivity index is 1.52. The van der Waals surface area contributed by atoms with Gasteiger partial charge in [0.25, 0.3) is 5.91 Å². The van der Waals surface area contributed by atoms with E-state index in [-0.39, 0.29) is 26.2 Å². The summed E-state index contributed by atoms with van der Waals surface area (Å²) in [5.74, 6) is -0.904. The fourth-order valence-corrected chi connectivity index (χ4v) is 2.25. The van der Waals surface area contributed by atoms with E-state index in [4.69, 9.17) is 9.47 Å². The summed E-state index contributed by atoms with van der Waals surface area (Å²) in [4.78, 5) is 35.0. The molecule has 2 aromatic carbocycles. The van der Waals surface area contributed by atoms with Gasteiger partial charge >= 0.3 is 12.1 Å². The van der Waals surface area contributed by atoms with Gasteiger partial charge in [-0.15, -0.1) is 0 Å². The fraction of sp³-hybridized carbons (Fsp3) is 0.286. The van der Waals surface area contributed by atoms with Gasteiger partial charge in [0, 0.05) is 18.7 Å². The van der Waals surface area contributed by atoms with Crippen LogP contribution in [0.25, 0.3) is 0 Å². The molecular formula is C21H24N2O5. The van der Waals surface area contributed by atoms with Crippen molar-refractivity contribution in [1.82, 2.24) is 5.32 Å². The highest BCUT2D eigenvalue weighted by atomic mass is 16.5. The number of amides is 2. The lowest BCUT2D eigenvalue weighted by molar-refractivity contribution is -0.147. The van der Waals surface area contributed by atoms with E-state index in [1.54, 1.807) is 12.1 Å². The van der Waals surface area contributed by atoms with Crippen LogP contribution in [0.15, 0.2) is 54.6 Å². The third-order valence-electron chi connectivity index (χ3n) is 3.74. The number of esters is 1. The van der Waals surface area contributed by atoms with E-state index < -0.39 is 18.0 Å². The number of rotatable bonds is 9. The van der Waals surface area contributed by atoms with Gasteiger partial charge in [0.1, 0.15) is 6.61 Å². The Labute approximate surface area is 164 Å². The number of carbonyl (C=O) groups is 3. The molecule has 0 saturated heterocycles. The zero-order chi connectivity index (χ0) is 20.2. The minimum atomic E-state index is -0.547. The van der Waals surface area contributed by atoms with Gasteiger partial charge in [0.15, 0.2) is 6.61 Å². The van der Waals surface area contributed by atoms with Crippen LogP contribution in [0.1, 0.15) is 24.0 Å². The van der Waals surface area contributed by atoms with Crippen molar-refractivity contribution in [3.8, 4) is 0 Å². The van der Waals surface area contributed by atoms with Crippen molar-refractivity contribution < 1.29 is 23.9 Å². The van der Waals surface area contributed by atoms with E-state index in [1.165, 1.54) is 0 Å². The minimum absolute atomic E-state index is 0.0940. The Morgan fingerprint density at radius 2 is 1.64 bits per heavy atom. The summed E-state index contributed by atoms with van der Waals surface area (Å²) in [5, 5.41) is 5.21. The normalized spacial score (nSPS) is 10.0. The number of carbonyl (C=O) groups excluding carboxylic acids is 3. The van der Waals surface area contributed by atoms with Gasteiger partial charge in [0.05, 0.1) is 0 Å². The lowest BCUT2D eigenvalue weighted by atomic mass is 10.2. The van der Waals surface area contributed by atoms with Crippen molar-refractivity contribution in [2.24, 2.45) is 0 Å². The summed E-state index contributed by atoms with van der Waals surface area (Å²) >= 11 is 0. The molecule has 0 spiro atoms. The fourth-order valence-electron chi connectivity index (χ4n) is 2.25. The molecule has 2 aromatic rings. The zero-order valence-electron chi connectivity index (χ0n) is 15.8. The molecule has 0 radical (unpaired) electrons. The summed E-state index contributed by atoms with van der Waals surface area (Å²) in [5.41, 5.74) is 2.62. The molecule has 7 heteroatoms. The Bertz CT molecular complexity index is 775. The van der Waals surface area contributed by atoms with Crippen LogP contribution in [0, 0.1) is 6.92 Å². The average Bonchev–Trinajstić information content (AvgIpc) is 2.70. The molecule has 0 unspecified atom stereocenters. The summed E-state index contributed by atoms with van der Waals surface area (Å²) in [6.07, 6.45) is -0.0648. The van der Waals surface area contributed by atoms with Crippen molar-refractivity contribution in [2.75, 3.05) is 18.5 Å². The van der Waals surface area contributed by atoms with Crippen molar-refractivity contribution in [3.63, 3.8) is 0 Å². The Hall–Kier alpha value is -3.35. The predicted octanol–water partition coefficient (Wildman–Crippen LogP) is 3.18. The van der Waals surface area contributed by atoms with E-state index >= 15 is 0 Å². The highest BCUT2D eigenvalue weighted by molar-refractivity contribution is 5.92. The summed E-state index contributed by atoms with van der Waals surface area (Å²) in [7, 11) is 0. The third-order valence-corrected chi connectivity index (χ3v) is 3.74. The number of alkyl carbamates (subject to hydrolysis) is 1. The highest BCUT2D eigenvalue weighted by Crippen LogP contribution is 2.08. The number of aryl methyl sites for hydroxylation is 1. The maximum atomic E-state index is 11.7. The van der Waals surface area contributed by atoms with Gasteiger partial charge in [-0.1, -0.05) is 48.0 Å². The van der Waals surface area contributed by atoms with Crippen LogP contribution in [0.5, 0.6) is 0 Å². The van der Waals surface area contributed by atoms with Crippen LogP contribution in [0.4, 0.5) is 10.5 Å². The molecule has 2 rings (SSSR count). The maximum absolute atomic E-state index is 11.7. The molecule has 2 N–H and O–H groups in total. The zero-order valence-corrected chi connectivity index (χ0v) is 15.8. The number of nitrogens with one attached hydrogen (secondary N) is 2. The molecule has 28 heavy (non-hydrogen) atoms. The molecule has 148 valence electrons. The number of anilines is 1. The van der Waals surface area contributed by atoms with Crippen molar-refractivity contribution in [3.05, 3.63) is 65.7 Å². The summed E-state index contributed by atoms with van der Waals surface area (Å²) in [6, 6.07) is 16.6. The SMILES string of the molecule is Cc1ccc(NC(=O)COC(=O)CCCNC(=O)OCc2ccccc2)cc1. The Kier molecular flexibility index (Phi) is 8.52. The summed E-state index contributed by atoms with van der Waals surface area (Å²) < 4.78 is 9.98. The van der Waals surface area contributed by atoms with E-state index in [0.717, 1.165) is 11.1 Å². The number of hydrogen-bond acceptors (Lipinski definition) is 5. The minimum Gasteiger partial charge on any atom is -0.456 e. The second-order valence-electron chi connectivity index (χ2n) is 6.17. The molecule has 0 fully saturated rings. The summed E-state index contributed by atoms with van der Waals surface area (Å²) in [6.45, 7) is 2.06. The van der Waals surface area contributed by atoms with Gasteiger partial charge < -0.3 is 20.1 Å². The second kappa shape index (κ2) is 11.4. The molecule has 0 bridgehead atoms. The standard InChI is InChI=1S/C21H24N2O5/c1-16-9-11-18(12-10-16)23-19(24)15-27-20(25)8-5-13-22-21(26)28-14-17-6-3-2-4-7-17/h2-4,6-7,9-12H,5,8,13-15H2,1H3,(H,22,26)(H,23,24). The van der Waals surface area contributed by atoms with Crippen LogP contribution >= 0.6 is 0 Å². The highest BCUT2D eigenvalue weighted by Gasteiger charge is 2.09. The first-order chi connectivity index (χ1) is 13.5. The largest absolute Gasteiger partial charge is 0.456 e. The first kappa shape index (κ1) is 21.0. The van der Waals surface area contributed by atoms with Gasteiger partial charge in [-0.2, -0.15) is 0 Å². The lowest BCUT2D eigenvalue weighted by Crippen LogP contribution is -2.26. The molecule has 0 aliphatic carbocycles. The van der Waals surface area contributed by atoms with Crippen LogP contribution in [0.2, 0.25) is 0 Å².